The van der Waals surface area contributed by atoms with Gasteiger partial charge in [0.25, 0.3) is 0 Å². The van der Waals surface area contributed by atoms with Crippen LogP contribution >= 0.6 is 22.9 Å². The summed E-state index contributed by atoms with van der Waals surface area (Å²) in [6.07, 6.45) is 1.21. The summed E-state index contributed by atoms with van der Waals surface area (Å²) in [6, 6.07) is 6.86. The van der Waals surface area contributed by atoms with Crippen molar-refractivity contribution in [3.05, 3.63) is 29.8 Å². The molecule has 1 N–H and O–H groups in total. The lowest BCUT2D eigenvalue weighted by atomic mass is 10.2. The van der Waals surface area contributed by atoms with Crippen molar-refractivity contribution in [1.82, 2.24) is 3.53 Å². The van der Waals surface area contributed by atoms with Gasteiger partial charge in [-0.15, -0.1) is 0 Å². The van der Waals surface area contributed by atoms with Crippen LogP contribution in [-0.2, 0) is 16.4 Å². The maximum Gasteiger partial charge on any atom is 0.175 e. The summed E-state index contributed by atoms with van der Waals surface area (Å²) >= 11 is 2.05. The first-order chi connectivity index (χ1) is 6.04. The maximum atomic E-state index is 11.1. The minimum absolute atomic E-state index is 0.365. The summed E-state index contributed by atoms with van der Waals surface area (Å²) < 4.78 is 25.1. The summed E-state index contributed by atoms with van der Waals surface area (Å²) in [7, 11) is -3.06. The SMILES string of the molecule is CS(=O)(=O)c1ccc(CNI)cc1. The molecule has 5 heteroatoms. The molecule has 1 aromatic carbocycles. The summed E-state index contributed by atoms with van der Waals surface area (Å²) in [5.74, 6) is 0. The number of hydrogen-bond acceptors (Lipinski definition) is 3. The molecule has 0 aromatic heterocycles. The molecular formula is C8H10INO2S. The molecule has 0 saturated heterocycles. The second kappa shape index (κ2) is 4.39. The van der Waals surface area contributed by atoms with Crippen LogP contribution in [0.2, 0.25) is 0 Å². The van der Waals surface area contributed by atoms with Gasteiger partial charge in [0, 0.05) is 35.7 Å². The van der Waals surface area contributed by atoms with Crippen molar-refractivity contribution in [1.29, 1.82) is 0 Å². The molecule has 0 heterocycles. The van der Waals surface area contributed by atoms with E-state index in [-0.39, 0.29) is 0 Å². The average Bonchev–Trinajstić information content (AvgIpc) is 2.04. The van der Waals surface area contributed by atoms with Crippen LogP contribution in [0, 0.1) is 0 Å². The molecule has 0 aliphatic carbocycles. The van der Waals surface area contributed by atoms with Gasteiger partial charge in [0.15, 0.2) is 9.84 Å². The Kier molecular flexibility index (Phi) is 3.69. The monoisotopic (exact) mass is 311 g/mol. The van der Waals surface area contributed by atoms with Crippen molar-refractivity contribution in [3.8, 4) is 0 Å². The highest BCUT2D eigenvalue weighted by Gasteiger charge is 2.05. The second-order valence-electron chi connectivity index (χ2n) is 2.73. The van der Waals surface area contributed by atoms with E-state index in [2.05, 4.69) is 3.53 Å². The fourth-order valence-electron chi connectivity index (χ4n) is 0.932. The summed E-state index contributed by atoms with van der Waals surface area (Å²) in [4.78, 5) is 0.365. The third-order valence-electron chi connectivity index (χ3n) is 1.62. The summed E-state index contributed by atoms with van der Waals surface area (Å²) in [5, 5.41) is 0. The number of sulfone groups is 1. The van der Waals surface area contributed by atoms with Gasteiger partial charge < -0.3 is 0 Å². The quantitative estimate of drug-likeness (QED) is 0.680. The first-order valence-corrected chi connectivity index (χ1v) is 6.63. The molecule has 72 valence electrons. The molecule has 0 bridgehead atoms. The molecule has 0 unspecified atom stereocenters. The van der Waals surface area contributed by atoms with E-state index in [1.165, 1.54) is 6.26 Å². The van der Waals surface area contributed by atoms with Crippen molar-refractivity contribution >= 4 is 32.7 Å². The van der Waals surface area contributed by atoms with Crippen LogP contribution in [0.5, 0.6) is 0 Å². The Labute approximate surface area is 92.0 Å². The van der Waals surface area contributed by atoms with Gasteiger partial charge in [-0.1, -0.05) is 12.1 Å². The number of nitrogens with one attached hydrogen (secondary N) is 1. The lowest BCUT2D eigenvalue weighted by molar-refractivity contribution is 0.602. The molecule has 0 saturated carbocycles. The number of halogens is 1. The highest BCUT2D eigenvalue weighted by molar-refractivity contribution is 14.1. The van der Waals surface area contributed by atoms with Gasteiger partial charge in [-0.05, 0) is 17.7 Å². The van der Waals surface area contributed by atoms with Crippen molar-refractivity contribution in [2.24, 2.45) is 0 Å². The Morgan fingerprint density at radius 3 is 2.23 bits per heavy atom. The number of hydrogen-bond donors (Lipinski definition) is 1. The van der Waals surface area contributed by atoms with E-state index >= 15 is 0 Å². The molecule has 1 rings (SSSR count). The normalized spacial score (nSPS) is 11.5. The lowest BCUT2D eigenvalue weighted by Gasteiger charge is -2.00. The van der Waals surface area contributed by atoms with Crippen molar-refractivity contribution < 1.29 is 8.42 Å². The van der Waals surface area contributed by atoms with E-state index in [9.17, 15) is 8.42 Å². The third-order valence-corrected chi connectivity index (χ3v) is 3.13. The molecule has 0 spiro atoms. The van der Waals surface area contributed by atoms with Crippen LogP contribution in [0.25, 0.3) is 0 Å². The second-order valence-corrected chi connectivity index (χ2v) is 5.51. The van der Waals surface area contributed by atoms with E-state index in [4.69, 9.17) is 0 Å². The van der Waals surface area contributed by atoms with Gasteiger partial charge in [0.1, 0.15) is 0 Å². The molecule has 0 aliphatic rings. The smallest absolute Gasteiger partial charge is 0.175 e. The van der Waals surface area contributed by atoms with Crippen LogP contribution < -0.4 is 3.53 Å². The van der Waals surface area contributed by atoms with Gasteiger partial charge >= 0.3 is 0 Å². The molecule has 0 aliphatic heterocycles. The van der Waals surface area contributed by atoms with Crippen LogP contribution in [0.4, 0.5) is 0 Å². The van der Waals surface area contributed by atoms with Gasteiger partial charge in [0.05, 0.1) is 4.90 Å². The molecule has 3 nitrogen and oxygen atoms in total. The minimum atomic E-state index is -3.06. The standard InChI is InChI=1S/C8H10INO2S/c1-13(11,12)8-4-2-7(3-5-8)6-10-9/h2-5,10H,6H2,1H3. The zero-order valence-electron chi connectivity index (χ0n) is 7.12. The molecule has 0 radical (unpaired) electrons. The van der Waals surface area contributed by atoms with Crippen LogP contribution in [-0.4, -0.2) is 14.7 Å². The Morgan fingerprint density at radius 2 is 1.85 bits per heavy atom. The summed E-state index contributed by atoms with van der Waals surface area (Å²) in [6.45, 7) is 0.741. The summed E-state index contributed by atoms with van der Waals surface area (Å²) in [5.41, 5.74) is 1.07. The largest absolute Gasteiger partial charge is 0.257 e. The fourth-order valence-corrected chi connectivity index (χ4v) is 2.00. The third kappa shape index (κ3) is 3.24. The number of benzene rings is 1. The van der Waals surface area contributed by atoms with E-state index in [0.717, 1.165) is 12.1 Å². The Bertz CT molecular complexity index is 372. The fraction of sp³-hybridized carbons (Fsp3) is 0.250. The van der Waals surface area contributed by atoms with Crippen LogP contribution in [0.15, 0.2) is 29.2 Å². The molecule has 0 atom stereocenters. The van der Waals surface area contributed by atoms with E-state index in [0.29, 0.717) is 4.90 Å². The highest BCUT2D eigenvalue weighted by Crippen LogP contribution is 2.10. The van der Waals surface area contributed by atoms with Gasteiger partial charge in [-0.3, -0.25) is 3.53 Å². The van der Waals surface area contributed by atoms with Gasteiger partial charge in [-0.25, -0.2) is 8.42 Å². The van der Waals surface area contributed by atoms with Crippen molar-refractivity contribution in [2.45, 2.75) is 11.4 Å². The van der Waals surface area contributed by atoms with Crippen LogP contribution in [0.1, 0.15) is 5.56 Å². The molecule has 1 aromatic rings. The number of rotatable bonds is 3. The average molecular weight is 311 g/mol. The molecule has 0 fully saturated rings. The predicted molar refractivity (Wildman–Crippen MR) is 60.4 cm³/mol. The highest BCUT2D eigenvalue weighted by atomic mass is 127. The Morgan fingerprint density at radius 1 is 1.31 bits per heavy atom. The van der Waals surface area contributed by atoms with Crippen molar-refractivity contribution in [3.63, 3.8) is 0 Å². The zero-order chi connectivity index (χ0) is 9.90. The molecular weight excluding hydrogens is 301 g/mol. The van der Waals surface area contributed by atoms with Crippen molar-refractivity contribution in [2.75, 3.05) is 6.26 Å². The first-order valence-electron chi connectivity index (χ1n) is 3.66. The lowest BCUT2D eigenvalue weighted by Crippen LogP contribution is -2.00. The zero-order valence-corrected chi connectivity index (χ0v) is 10.1. The van der Waals surface area contributed by atoms with Gasteiger partial charge in [0.2, 0.25) is 0 Å². The van der Waals surface area contributed by atoms with Gasteiger partial charge in [-0.2, -0.15) is 0 Å². The predicted octanol–water partition coefficient (Wildman–Crippen LogP) is 1.53. The topological polar surface area (TPSA) is 46.2 Å². The van der Waals surface area contributed by atoms with E-state index in [1.54, 1.807) is 12.1 Å². The maximum absolute atomic E-state index is 11.1. The van der Waals surface area contributed by atoms with E-state index in [1.807, 2.05) is 35.0 Å². The first kappa shape index (κ1) is 10.9. The van der Waals surface area contributed by atoms with Crippen LogP contribution in [0.3, 0.4) is 0 Å². The molecule has 13 heavy (non-hydrogen) atoms. The molecule has 0 amide bonds. The Hall–Kier alpha value is -0.140. The van der Waals surface area contributed by atoms with E-state index < -0.39 is 9.84 Å². The minimum Gasteiger partial charge on any atom is -0.257 e. The Balaban J connectivity index is 2.94.